The lowest BCUT2D eigenvalue weighted by Crippen LogP contribution is -2.26. The van der Waals surface area contributed by atoms with Gasteiger partial charge in [0.2, 0.25) is 5.91 Å². The lowest BCUT2D eigenvalue weighted by Gasteiger charge is -2.09. The number of hydrogen-bond donors (Lipinski definition) is 3. The third-order valence-electron chi connectivity index (χ3n) is 1.81. The van der Waals surface area contributed by atoms with E-state index in [0.717, 1.165) is 10.2 Å². The Morgan fingerprint density at radius 3 is 2.80 bits per heavy atom. The number of nitrogens with one attached hydrogen (secondary N) is 2. The molecule has 1 rings (SSSR count). The molecule has 0 heterocycles. The first-order chi connectivity index (χ1) is 7.09. The molecule has 0 atom stereocenters. The zero-order valence-corrected chi connectivity index (χ0v) is 10.1. The predicted molar refractivity (Wildman–Crippen MR) is 65.7 cm³/mol. The summed E-state index contributed by atoms with van der Waals surface area (Å²) in [6, 6.07) is 5.55. The van der Waals surface area contributed by atoms with Crippen LogP contribution in [0.2, 0.25) is 0 Å². The second-order valence-corrected chi connectivity index (χ2v) is 4.00. The molecule has 0 unspecified atom stereocenters. The summed E-state index contributed by atoms with van der Waals surface area (Å²) >= 11 is 3.40. The molecule has 0 aliphatic heterocycles. The highest BCUT2D eigenvalue weighted by Crippen LogP contribution is 2.24. The molecule has 5 heteroatoms. The molecule has 0 radical (unpaired) electrons. The number of rotatable bonds is 4. The largest absolute Gasteiger partial charge is 0.399 e. The maximum atomic E-state index is 10.6. The first-order valence-electron chi connectivity index (χ1n) is 4.63. The minimum absolute atomic E-state index is 0.0202. The van der Waals surface area contributed by atoms with E-state index in [0.29, 0.717) is 18.8 Å². The summed E-state index contributed by atoms with van der Waals surface area (Å²) in [7, 11) is 0. The van der Waals surface area contributed by atoms with Crippen LogP contribution in [0, 0.1) is 0 Å². The van der Waals surface area contributed by atoms with E-state index in [4.69, 9.17) is 5.73 Å². The Bertz CT molecular complexity index is 355. The fourth-order valence-electron chi connectivity index (χ4n) is 1.11. The average Bonchev–Trinajstić information content (AvgIpc) is 2.14. The van der Waals surface area contributed by atoms with Gasteiger partial charge in [0.05, 0.1) is 0 Å². The molecule has 1 aromatic rings. The third kappa shape index (κ3) is 4.20. The Kier molecular flexibility index (Phi) is 4.42. The summed E-state index contributed by atoms with van der Waals surface area (Å²) in [6.45, 7) is 2.79. The van der Waals surface area contributed by atoms with Gasteiger partial charge in [-0.3, -0.25) is 4.79 Å². The van der Waals surface area contributed by atoms with E-state index in [-0.39, 0.29) is 5.91 Å². The molecular weight excluding hydrogens is 258 g/mol. The Morgan fingerprint density at radius 2 is 2.20 bits per heavy atom. The van der Waals surface area contributed by atoms with Crippen molar-refractivity contribution in [1.82, 2.24) is 5.32 Å². The molecule has 1 amide bonds. The Labute approximate surface area is 97.4 Å². The van der Waals surface area contributed by atoms with Crippen molar-refractivity contribution in [2.24, 2.45) is 0 Å². The van der Waals surface area contributed by atoms with Crippen molar-refractivity contribution in [3.8, 4) is 0 Å². The molecule has 0 fully saturated rings. The van der Waals surface area contributed by atoms with Crippen LogP contribution in [-0.2, 0) is 4.79 Å². The number of benzene rings is 1. The maximum absolute atomic E-state index is 10.6. The maximum Gasteiger partial charge on any atom is 0.216 e. The van der Waals surface area contributed by atoms with E-state index < -0.39 is 0 Å². The van der Waals surface area contributed by atoms with E-state index in [1.165, 1.54) is 6.92 Å². The van der Waals surface area contributed by atoms with E-state index in [2.05, 4.69) is 26.6 Å². The second kappa shape index (κ2) is 5.60. The van der Waals surface area contributed by atoms with E-state index in [1.807, 2.05) is 18.2 Å². The van der Waals surface area contributed by atoms with Gasteiger partial charge in [0, 0.05) is 35.9 Å². The van der Waals surface area contributed by atoms with Crippen LogP contribution < -0.4 is 16.4 Å². The number of nitrogens with two attached hydrogens (primary N) is 1. The Balaban J connectivity index is 2.40. The second-order valence-electron chi connectivity index (χ2n) is 3.15. The van der Waals surface area contributed by atoms with E-state index >= 15 is 0 Å². The summed E-state index contributed by atoms with van der Waals surface area (Å²) in [5.74, 6) is -0.0202. The van der Waals surface area contributed by atoms with Gasteiger partial charge in [0.15, 0.2) is 0 Å². The van der Waals surface area contributed by atoms with Crippen molar-refractivity contribution in [3.05, 3.63) is 22.7 Å². The number of hydrogen-bond acceptors (Lipinski definition) is 3. The van der Waals surface area contributed by atoms with Crippen LogP contribution in [-0.4, -0.2) is 19.0 Å². The first kappa shape index (κ1) is 11.8. The van der Waals surface area contributed by atoms with Crippen LogP contribution in [0.15, 0.2) is 22.7 Å². The molecule has 0 saturated heterocycles. The van der Waals surface area contributed by atoms with Gasteiger partial charge >= 0.3 is 0 Å². The molecule has 4 nitrogen and oxygen atoms in total. The van der Waals surface area contributed by atoms with Crippen LogP contribution >= 0.6 is 15.9 Å². The van der Waals surface area contributed by atoms with Gasteiger partial charge in [-0.2, -0.15) is 0 Å². The van der Waals surface area contributed by atoms with Crippen molar-refractivity contribution in [2.45, 2.75) is 6.92 Å². The van der Waals surface area contributed by atoms with Gasteiger partial charge in [-0.15, -0.1) is 0 Å². The highest BCUT2D eigenvalue weighted by molar-refractivity contribution is 9.10. The quantitative estimate of drug-likeness (QED) is 0.576. The molecule has 0 saturated carbocycles. The SMILES string of the molecule is CC(=O)NCCNc1ccc(N)cc1Br. The molecule has 82 valence electrons. The Morgan fingerprint density at radius 1 is 1.47 bits per heavy atom. The van der Waals surface area contributed by atoms with Gasteiger partial charge in [-0.1, -0.05) is 0 Å². The van der Waals surface area contributed by atoms with E-state index in [1.54, 1.807) is 0 Å². The summed E-state index contributed by atoms with van der Waals surface area (Å²) < 4.78 is 0.922. The van der Waals surface area contributed by atoms with Crippen molar-refractivity contribution in [1.29, 1.82) is 0 Å². The number of carbonyl (C=O) groups excluding carboxylic acids is 1. The zero-order valence-electron chi connectivity index (χ0n) is 8.51. The third-order valence-corrected chi connectivity index (χ3v) is 2.46. The lowest BCUT2D eigenvalue weighted by atomic mass is 10.3. The van der Waals surface area contributed by atoms with Gasteiger partial charge in [-0.25, -0.2) is 0 Å². The van der Waals surface area contributed by atoms with Gasteiger partial charge < -0.3 is 16.4 Å². The van der Waals surface area contributed by atoms with Crippen molar-refractivity contribution in [3.63, 3.8) is 0 Å². The van der Waals surface area contributed by atoms with Crippen LogP contribution in [0.4, 0.5) is 11.4 Å². The smallest absolute Gasteiger partial charge is 0.216 e. The van der Waals surface area contributed by atoms with Gasteiger partial charge in [-0.05, 0) is 34.1 Å². The number of nitrogen functional groups attached to an aromatic ring is 1. The number of anilines is 2. The standard InChI is InChI=1S/C10H14BrN3O/c1-7(15)13-4-5-14-10-3-2-8(12)6-9(10)11/h2-3,6,14H,4-5,12H2,1H3,(H,13,15). The highest BCUT2D eigenvalue weighted by atomic mass is 79.9. The van der Waals surface area contributed by atoms with Crippen molar-refractivity contribution < 1.29 is 4.79 Å². The van der Waals surface area contributed by atoms with E-state index in [9.17, 15) is 4.79 Å². The molecule has 15 heavy (non-hydrogen) atoms. The molecule has 4 N–H and O–H groups in total. The lowest BCUT2D eigenvalue weighted by molar-refractivity contribution is -0.118. The van der Waals surface area contributed by atoms with Gasteiger partial charge in [0.1, 0.15) is 0 Å². The molecule has 0 spiro atoms. The summed E-state index contributed by atoms with van der Waals surface area (Å²) in [4.78, 5) is 10.6. The van der Waals surface area contributed by atoms with Gasteiger partial charge in [0.25, 0.3) is 0 Å². The zero-order chi connectivity index (χ0) is 11.3. The van der Waals surface area contributed by atoms with Crippen LogP contribution in [0.3, 0.4) is 0 Å². The molecule has 0 aromatic heterocycles. The fraction of sp³-hybridized carbons (Fsp3) is 0.300. The molecular formula is C10H14BrN3O. The number of carbonyl (C=O) groups is 1. The summed E-state index contributed by atoms with van der Waals surface area (Å²) in [5, 5.41) is 5.88. The van der Waals surface area contributed by atoms with Crippen molar-refractivity contribution >= 4 is 33.2 Å². The molecule has 0 bridgehead atoms. The number of halogens is 1. The normalized spacial score (nSPS) is 9.73. The minimum atomic E-state index is -0.0202. The summed E-state index contributed by atoms with van der Waals surface area (Å²) in [5.41, 5.74) is 7.29. The predicted octanol–water partition coefficient (Wildman–Crippen LogP) is 1.58. The fourth-order valence-corrected chi connectivity index (χ4v) is 1.65. The average molecular weight is 272 g/mol. The molecule has 0 aliphatic carbocycles. The van der Waals surface area contributed by atoms with Crippen LogP contribution in [0.25, 0.3) is 0 Å². The summed E-state index contributed by atoms with van der Waals surface area (Å²) in [6.07, 6.45) is 0. The monoisotopic (exact) mass is 271 g/mol. The number of amides is 1. The van der Waals surface area contributed by atoms with Crippen molar-refractivity contribution in [2.75, 3.05) is 24.1 Å². The highest BCUT2D eigenvalue weighted by Gasteiger charge is 1.98. The minimum Gasteiger partial charge on any atom is -0.399 e. The van der Waals surface area contributed by atoms with Crippen LogP contribution in [0.1, 0.15) is 6.92 Å². The Hall–Kier alpha value is -1.23. The van der Waals surface area contributed by atoms with Crippen LogP contribution in [0.5, 0.6) is 0 Å². The molecule has 1 aromatic carbocycles. The topological polar surface area (TPSA) is 67.2 Å². The molecule has 0 aliphatic rings. The first-order valence-corrected chi connectivity index (χ1v) is 5.42.